The van der Waals surface area contributed by atoms with Crippen molar-refractivity contribution in [2.24, 2.45) is 0 Å². The predicted octanol–water partition coefficient (Wildman–Crippen LogP) is 3.95. The monoisotopic (exact) mass is 519 g/mol. The van der Waals surface area contributed by atoms with Crippen molar-refractivity contribution < 1.29 is 14.9 Å². The predicted molar refractivity (Wildman–Crippen MR) is 152 cm³/mol. The average molecular weight is 520 g/mol. The second-order valence-corrected chi connectivity index (χ2v) is 9.88. The summed E-state index contributed by atoms with van der Waals surface area (Å²) in [5.74, 6) is 1.68. The molecule has 2 aromatic heterocycles. The maximum absolute atomic E-state index is 10.0. The second-order valence-electron chi connectivity index (χ2n) is 9.88. The Balaban J connectivity index is 1.25. The molecule has 0 saturated heterocycles. The van der Waals surface area contributed by atoms with Gasteiger partial charge >= 0.3 is 0 Å². The Labute approximate surface area is 226 Å². The summed E-state index contributed by atoms with van der Waals surface area (Å²) in [6.07, 6.45) is 6.22. The molecule has 0 spiro atoms. The third-order valence-electron chi connectivity index (χ3n) is 7.04. The minimum Gasteiger partial charge on any atom is -0.383 e. The number of anilines is 2. The van der Waals surface area contributed by atoms with Crippen LogP contribution in [0.4, 0.5) is 11.6 Å². The Morgan fingerprint density at radius 2 is 1.87 bits per heavy atom. The molecule has 0 bridgehead atoms. The molecule has 4 N–H and O–H groups in total. The number of pyridine rings is 2. The van der Waals surface area contributed by atoms with E-state index in [-0.39, 0.29) is 0 Å². The molecule has 0 amide bonds. The van der Waals surface area contributed by atoms with E-state index in [1.807, 2.05) is 42.5 Å². The van der Waals surface area contributed by atoms with E-state index in [4.69, 9.17) is 9.72 Å². The van der Waals surface area contributed by atoms with Gasteiger partial charge < -0.3 is 30.5 Å². The lowest BCUT2D eigenvalue weighted by molar-refractivity contribution is -0.0561. The third-order valence-corrected chi connectivity index (χ3v) is 7.04. The van der Waals surface area contributed by atoms with E-state index in [2.05, 4.69) is 32.7 Å². The molecular weight excluding hydrogens is 478 g/mol. The second kappa shape index (κ2) is 14.8. The van der Waals surface area contributed by atoms with E-state index in [1.165, 1.54) is 12.0 Å². The number of rotatable bonds is 15. The average Bonchev–Trinajstić information content (AvgIpc) is 2.96. The van der Waals surface area contributed by atoms with Gasteiger partial charge in [-0.3, -0.25) is 0 Å². The summed E-state index contributed by atoms with van der Waals surface area (Å²) in [4.78, 5) is 11.6. The van der Waals surface area contributed by atoms with E-state index in [1.54, 1.807) is 13.3 Å². The summed E-state index contributed by atoms with van der Waals surface area (Å²) in [5.41, 5.74) is 4.57. The highest BCUT2D eigenvalue weighted by Gasteiger charge is 2.19. The molecule has 204 valence electrons. The number of aliphatic hydroxyl groups is 2. The first-order valence-corrected chi connectivity index (χ1v) is 13.7. The highest BCUT2D eigenvalue weighted by atomic mass is 16.5. The van der Waals surface area contributed by atoms with Gasteiger partial charge in [0.15, 0.2) is 6.29 Å². The number of hydrogen-bond donors (Lipinski definition) is 4. The molecule has 1 atom stereocenters. The van der Waals surface area contributed by atoms with Gasteiger partial charge in [0.05, 0.1) is 12.6 Å². The van der Waals surface area contributed by atoms with Crippen molar-refractivity contribution in [1.29, 1.82) is 0 Å². The van der Waals surface area contributed by atoms with E-state index in [0.29, 0.717) is 18.8 Å². The SMILES string of the molecule is COCCN(CCCCc1ccc2c(n1)NCCC2)CC[C@H](Nc1ccc(-c2ccccc2)cn1)C(O)O. The van der Waals surface area contributed by atoms with Crippen LogP contribution in [0.1, 0.15) is 36.9 Å². The van der Waals surface area contributed by atoms with Crippen LogP contribution in [0.15, 0.2) is 60.8 Å². The van der Waals surface area contributed by atoms with Gasteiger partial charge in [0.25, 0.3) is 0 Å². The highest BCUT2D eigenvalue weighted by molar-refractivity contribution is 5.63. The van der Waals surface area contributed by atoms with Crippen molar-refractivity contribution >= 4 is 11.6 Å². The van der Waals surface area contributed by atoms with Gasteiger partial charge in [-0.2, -0.15) is 0 Å². The molecule has 4 rings (SSSR count). The molecule has 38 heavy (non-hydrogen) atoms. The zero-order chi connectivity index (χ0) is 26.6. The van der Waals surface area contributed by atoms with E-state index < -0.39 is 12.3 Å². The molecule has 3 heterocycles. The molecule has 8 nitrogen and oxygen atoms in total. The summed E-state index contributed by atoms with van der Waals surface area (Å²) < 4.78 is 5.32. The van der Waals surface area contributed by atoms with E-state index in [0.717, 1.165) is 74.5 Å². The number of unbranched alkanes of at least 4 members (excludes halogenated alkanes) is 1. The lowest BCUT2D eigenvalue weighted by atomic mass is 10.1. The zero-order valence-corrected chi connectivity index (χ0v) is 22.4. The zero-order valence-electron chi connectivity index (χ0n) is 22.4. The number of aryl methyl sites for hydroxylation is 2. The summed E-state index contributed by atoms with van der Waals surface area (Å²) in [5, 5.41) is 26.7. The molecule has 3 aromatic rings. The number of nitrogens with one attached hydrogen (secondary N) is 2. The molecule has 8 heteroatoms. The first-order valence-electron chi connectivity index (χ1n) is 13.7. The van der Waals surface area contributed by atoms with Gasteiger partial charge in [0.2, 0.25) is 0 Å². The Morgan fingerprint density at radius 1 is 1.00 bits per heavy atom. The molecule has 1 aromatic carbocycles. The molecule has 0 aliphatic carbocycles. The van der Waals surface area contributed by atoms with Crippen molar-refractivity contribution in [3.05, 3.63) is 72.1 Å². The van der Waals surface area contributed by atoms with Gasteiger partial charge in [-0.05, 0) is 74.4 Å². The van der Waals surface area contributed by atoms with Crippen LogP contribution >= 0.6 is 0 Å². The number of nitrogens with zero attached hydrogens (tertiary/aromatic N) is 3. The number of hydrogen-bond acceptors (Lipinski definition) is 8. The first-order chi connectivity index (χ1) is 18.6. The molecule has 0 saturated carbocycles. The number of benzene rings is 1. The van der Waals surface area contributed by atoms with Crippen molar-refractivity contribution in [1.82, 2.24) is 14.9 Å². The Morgan fingerprint density at radius 3 is 2.63 bits per heavy atom. The Bertz CT molecular complexity index is 1090. The fourth-order valence-electron chi connectivity index (χ4n) is 4.79. The number of methoxy groups -OCH3 is 1. The summed E-state index contributed by atoms with van der Waals surface area (Å²) in [6, 6.07) is 17.8. The van der Waals surface area contributed by atoms with Crippen molar-refractivity contribution in [2.45, 2.75) is 50.9 Å². The Kier molecular flexibility index (Phi) is 10.9. The van der Waals surface area contributed by atoms with Crippen LogP contribution in [0.2, 0.25) is 0 Å². The van der Waals surface area contributed by atoms with Crippen LogP contribution in [0.25, 0.3) is 11.1 Å². The number of fused-ring (bicyclic) bond motifs is 1. The summed E-state index contributed by atoms with van der Waals surface area (Å²) >= 11 is 0. The standard InChI is InChI=1S/C30H41N5O3/c1-38-21-20-35(18-6-5-11-26-14-12-24-10-7-17-31-29(24)33-26)19-16-27(30(36)37)34-28-15-13-25(22-32-28)23-8-3-2-4-9-23/h2-4,8-9,12-15,22,27,30,36-37H,5-7,10-11,16-21H2,1H3,(H,31,33)(H,32,34)/t27-/m0/s1. The van der Waals surface area contributed by atoms with Crippen molar-refractivity contribution in [3.8, 4) is 11.1 Å². The van der Waals surface area contributed by atoms with Gasteiger partial charge in [-0.25, -0.2) is 9.97 Å². The fraction of sp³-hybridized carbons (Fsp3) is 0.467. The van der Waals surface area contributed by atoms with Crippen molar-refractivity contribution in [2.75, 3.05) is 50.5 Å². The van der Waals surface area contributed by atoms with Crippen LogP contribution in [-0.2, 0) is 17.6 Å². The summed E-state index contributed by atoms with van der Waals surface area (Å²) in [7, 11) is 1.71. The highest BCUT2D eigenvalue weighted by Crippen LogP contribution is 2.21. The lowest BCUT2D eigenvalue weighted by Gasteiger charge is -2.26. The van der Waals surface area contributed by atoms with Crippen LogP contribution in [-0.4, -0.2) is 77.3 Å². The largest absolute Gasteiger partial charge is 0.383 e. The van der Waals surface area contributed by atoms with Gasteiger partial charge in [0.1, 0.15) is 11.6 Å². The fourth-order valence-corrected chi connectivity index (χ4v) is 4.79. The van der Waals surface area contributed by atoms with Gasteiger partial charge in [-0.15, -0.1) is 0 Å². The van der Waals surface area contributed by atoms with Gasteiger partial charge in [-0.1, -0.05) is 36.4 Å². The first kappa shape index (κ1) is 28.0. The van der Waals surface area contributed by atoms with Crippen LogP contribution in [0.5, 0.6) is 0 Å². The minimum absolute atomic E-state index is 0.526. The topological polar surface area (TPSA) is 103 Å². The van der Waals surface area contributed by atoms with Crippen LogP contribution in [0, 0.1) is 0 Å². The van der Waals surface area contributed by atoms with Crippen molar-refractivity contribution in [3.63, 3.8) is 0 Å². The molecule has 1 aliphatic heterocycles. The maximum Gasteiger partial charge on any atom is 0.172 e. The Hall–Kier alpha value is -3.04. The normalized spacial score (nSPS) is 13.8. The smallest absolute Gasteiger partial charge is 0.172 e. The number of ether oxygens (including phenoxy) is 1. The third kappa shape index (κ3) is 8.49. The minimum atomic E-state index is -1.49. The van der Waals surface area contributed by atoms with E-state index in [9.17, 15) is 10.2 Å². The van der Waals surface area contributed by atoms with Gasteiger partial charge in [0, 0.05) is 44.2 Å². The molecule has 0 radical (unpaired) electrons. The number of aromatic nitrogens is 2. The molecule has 1 aliphatic rings. The maximum atomic E-state index is 10.0. The molecule has 0 fully saturated rings. The lowest BCUT2D eigenvalue weighted by Crippen LogP contribution is -2.39. The molecule has 0 unspecified atom stereocenters. The quantitative estimate of drug-likeness (QED) is 0.177. The van der Waals surface area contributed by atoms with Crippen LogP contribution < -0.4 is 10.6 Å². The molecular formula is C30H41N5O3. The van der Waals surface area contributed by atoms with Crippen LogP contribution in [0.3, 0.4) is 0 Å². The number of aliphatic hydroxyl groups excluding tert-OH is 1. The summed E-state index contributed by atoms with van der Waals surface area (Å²) in [6.45, 7) is 4.09. The van der Waals surface area contributed by atoms with E-state index >= 15 is 0 Å².